The van der Waals surface area contributed by atoms with Gasteiger partial charge in [-0.1, -0.05) is 35.1 Å². The van der Waals surface area contributed by atoms with Gasteiger partial charge in [0.25, 0.3) is 5.91 Å². The Bertz CT molecular complexity index is 1080. The Hall–Kier alpha value is -3.12. The molecular weight excluding hydrogens is 372 g/mol. The lowest BCUT2D eigenvalue weighted by molar-refractivity contribution is 0.0983. The Balaban J connectivity index is 1.76. The molecule has 0 spiro atoms. The van der Waals surface area contributed by atoms with Crippen LogP contribution in [0.3, 0.4) is 0 Å². The number of carbonyl (C=O) groups is 1. The Morgan fingerprint density at radius 2 is 1.96 bits per heavy atom. The maximum atomic E-state index is 13.3. The van der Waals surface area contributed by atoms with E-state index in [-0.39, 0.29) is 5.91 Å². The molecule has 0 unspecified atom stereocenters. The zero-order valence-corrected chi connectivity index (χ0v) is 16.5. The number of fused-ring (bicyclic) bond motifs is 1. The lowest BCUT2D eigenvalue weighted by Crippen LogP contribution is -2.30. The first-order valence-electron chi connectivity index (χ1n) is 9.09. The van der Waals surface area contributed by atoms with E-state index in [1.54, 1.807) is 11.2 Å². The van der Waals surface area contributed by atoms with E-state index in [9.17, 15) is 4.79 Å². The third-order valence-corrected chi connectivity index (χ3v) is 5.38. The zero-order chi connectivity index (χ0) is 19.5. The van der Waals surface area contributed by atoms with Gasteiger partial charge in [0.15, 0.2) is 5.13 Å². The Morgan fingerprint density at radius 1 is 1.14 bits per heavy atom. The van der Waals surface area contributed by atoms with Crippen LogP contribution in [0.15, 0.2) is 65.3 Å². The molecule has 4 rings (SSSR count). The molecule has 0 bridgehead atoms. The molecule has 2 aromatic heterocycles. The number of thiazole rings is 1. The second-order valence-electron chi connectivity index (χ2n) is 6.37. The molecular formula is C22H20N2O3S. The molecule has 0 fully saturated rings. The Labute approximate surface area is 167 Å². The van der Waals surface area contributed by atoms with E-state index in [4.69, 9.17) is 14.1 Å². The van der Waals surface area contributed by atoms with E-state index in [0.717, 1.165) is 21.5 Å². The van der Waals surface area contributed by atoms with Crippen LogP contribution >= 0.6 is 11.3 Å². The van der Waals surface area contributed by atoms with Gasteiger partial charge in [-0.3, -0.25) is 9.69 Å². The largest absolute Gasteiger partial charge is 0.492 e. The van der Waals surface area contributed by atoms with Crippen molar-refractivity contribution in [3.8, 4) is 5.75 Å². The highest BCUT2D eigenvalue weighted by Crippen LogP contribution is 2.35. The van der Waals surface area contributed by atoms with Gasteiger partial charge in [0.1, 0.15) is 17.0 Å². The molecule has 6 heteroatoms. The third kappa shape index (κ3) is 3.64. The SMILES string of the molecule is CCOc1cccc2sc(N(Cc3ccco3)C(=O)c3ccc(C)cc3)nc12. The molecule has 0 radical (unpaired) electrons. The quantitative estimate of drug-likeness (QED) is 0.438. The number of ether oxygens (including phenoxy) is 1. The Kier molecular flexibility index (Phi) is 5.12. The molecule has 1 amide bonds. The highest BCUT2D eigenvalue weighted by Gasteiger charge is 2.23. The number of amides is 1. The number of hydrogen-bond donors (Lipinski definition) is 0. The van der Waals surface area contributed by atoms with Crippen LogP contribution < -0.4 is 9.64 Å². The fourth-order valence-corrected chi connectivity index (χ4v) is 3.92. The first-order chi connectivity index (χ1) is 13.7. The van der Waals surface area contributed by atoms with E-state index >= 15 is 0 Å². The van der Waals surface area contributed by atoms with Crippen molar-refractivity contribution in [2.75, 3.05) is 11.5 Å². The monoisotopic (exact) mass is 392 g/mol. The summed E-state index contributed by atoms with van der Waals surface area (Å²) in [5.41, 5.74) is 2.49. The van der Waals surface area contributed by atoms with Crippen LogP contribution in [0.25, 0.3) is 10.2 Å². The number of aromatic nitrogens is 1. The average molecular weight is 392 g/mol. The molecule has 28 heavy (non-hydrogen) atoms. The molecule has 0 N–H and O–H groups in total. The minimum Gasteiger partial charge on any atom is -0.492 e. The number of carbonyl (C=O) groups excluding carboxylic acids is 1. The molecule has 4 aromatic rings. The van der Waals surface area contributed by atoms with Gasteiger partial charge in [0.05, 0.1) is 24.1 Å². The van der Waals surface area contributed by atoms with E-state index in [1.165, 1.54) is 11.3 Å². The molecule has 5 nitrogen and oxygen atoms in total. The first-order valence-corrected chi connectivity index (χ1v) is 9.90. The molecule has 0 aliphatic heterocycles. The molecule has 2 heterocycles. The van der Waals surface area contributed by atoms with E-state index in [0.29, 0.717) is 29.6 Å². The van der Waals surface area contributed by atoms with Gasteiger partial charge in [0.2, 0.25) is 0 Å². The Morgan fingerprint density at radius 3 is 2.68 bits per heavy atom. The van der Waals surface area contributed by atoms with Crippen LogP contribution in [0.5, 0.6) is 5.75 Å². The van der Waals surface area contributed by atoms with E-state index < -0.39 is 0 Å². The second-order valence-corrected chi connectivity index (χ2v) is 7.38. The highest BCUT2D eigenvalue weighted by atomic mass is 32.1. The smallest absolute Gasteiger partial charge is 0.260 e. The normalized spacial score (nSPS) is 10.9. The minimum atomic E-state index is -0.117. The summed E-state index contributed by atoms with van der Waals surface area (Å²) in [6, 6.07) is 17.0. The average Bonchev–Trinajstić information content (AvgIpc) is 3.36. The predicted octanol–water partition coefficient (Wildman–Crippen LogP) is 5.44. The molecule has 0 aliphatic carbocycles. The zero-order valence-electron chi connectivity index (χ0n) is 15.7. The summed E-state index contributed by atoms with van der Waals surface area (Å²) >= 11 is 1.47. The maximum absolute atomic E-state index is 13.3. The summed E-state index contributed by atoms with van der Waals surface area (Å²) in [4.78, 5) is 19.7. The number of nitrogens with zero attached hydrogens (tertiary/aromatic N) is 2. The molecule has 0 saturated carbocycles. The van der Waals surface area contributed by atoms with Gasteiger partial charge in [-0.2, -0.15) is 0 Å². The van der Waals surface area contributed by atoms with Crippen molar-refractivity contribution in [2.45, 2.75) is 20.4 Å². The third-order valence-electron chi connectivity index (χ3n) is 4.34. The first kappa shape index (κ1) is 18.3. The van der Waals surface area contributed by atoms with Crippen molar-refractivity contribution < 1.29 is 13.9 Å². The van der Waals surface area contributed by atoms with Crippen molar-refractivity contribution in [3.05, 3.63) is 77.7 Å². The van der Waals surface area contributed by atoms with Crippen LogP contribution in [0.2, 0.25) is 0 Å². The fourth-order valence-electron chi connectivity index (χ4n) is 2.94. The predicted molar refractivity (Wildman–Crippen MR) is 111 cm³/mol. The lowest BCUT2D eigenvalue weighted by atomic mass is 10.1. The summed E-state index contributed by atoms with van der Waals surface area (Å²) in [7, 11) is 0. The number of hydrogen-bond acceptors (Lipinski definition) is 5. The molecule has 2 aromatic carbocycles. The van der Waals surface area contributed by atoms with Gasteiger partial charge in [-0.05, 0) is 50.2 Å². The van der Waals surface area contributed by atoms with Gasteiger partial charge in [-0.15, -0.1) is 0 Å². The number of rotatable bonds is 6. The lowest BCUT2D eigenvalue weighted by Gasteiger charge is -2.19. The molecule has 142 valence electrons. The van der Waals surface area contributed by atoms with Crippen LogP contribution in [0.1, 0.15) is 28.6 Å². The van der Waals surface area contributed by atoms with Gasteiger partial charge >= 0.3 is 0 Å². The van der Waals surface area contributed by atoms with Gasteiger partial charge < -0.3 is 9.15 Å². The second kappa shape index (κ2) is 7.86. The molecule has 0 aliphatic rings. The number of benzene rings is 2. The van der Waals surface area contributed by atoms with Crippen LogP contribution in [0, 0.1) is 6.92 Å². The number of furan rings is 1. The molecule has 0 saturated heterocycles. The van der Waals surface area contributed by atoms with Gasteiger partial charge in [0, 0.05) is 5.56 Å². The summed E-state index contributed by atoms with van der Waals surface area (Å²) in [6.07, 6.45) is 1.61. The summed E-state index contributed by atoms with van der Waals surface area (Å²) in [6.45, 7) is 4.81. The van der Waals surface area contributed by atoms with Crippen molar-refractivity contribution >= 4 is 32.6 Å². The van der Waals surface area contributed by atoms with Gasteiger partial charge in [-0.25, -0.2) is 4.98 Å². The summed E-state index contributed by atoms with van der Waals surface area (Å²) in [5.74, 6) is 1.31. The summed E-state index contributed by atoms with van der Waals surface area (Å²) in [5, 5.41) is 0.615. The van der Waals surface area contributed by atoms with Crippen molar-refractivity contribution in [2.24, 2.45) is 0 Å². The van der Waals surface area contributed by atoms with Crippen LogP contribution in [-0.4, -0.2) is 17.5 Å². The summed E-state index contributed by atoms with van der Waals surface area (Å²) < 4.78 is 12.2. The maximum Gasteiger partial charge on any atom is 0.260 e. The highest BCUT2D eigenvalue weighted by molar-refractivity contribution is 7.22. The number of aryl methyl sites for hydroxylation is 1. The number of anilines is 1. The van der Waals surface area contributed by atoms with Crippen LogP contribution in [-0.2, 0) is 6.54 Å². The van der Waals surface area contributed by atoms with Crippen molar-refractivity contribution in [1.29, 1.82) is 0 Å². The topological polar surface area (TPSA) is 55.6 Å². The number of para-hydroxylation sites is 1. The minimum absolute atomic E-state index is 0.117. The standard InChI is InChI=1S/C22H20N2O3S/c1-3-26-18-7-4-8-19-20(18)23-22(28-19)24(14-17-6-5-13-27-17)21(25)16-11-9-15(2)10-12-16/h4-13H,3,14H2,1-2H3. The van der Waals surface area contributed by atoms with Crippen molar-refractivity contribution in [3.63, 3.8) is 0 Å². The van der Waals surface area contributed by atoms with E-state index in [2.05, 4.69) is 0 Å². The van der Waals surface area contributed by atoms with E-state index in [1.807, 2.05) is 68.4 Å². The van der Waals surface area contributed by atoms with Crippen LogP contribution in [0.4, 0.5) is 5.13 Å². The fraction of sp³-hybridized carbons (Fsp3) is 0.182. The van der Waals surface area contributed by atoms with Crippen molar-refractivity contribution in [1.82, 2.24) is 4.98 Å². The molecule has 0 atom stereocenters.